The Kier molecular flexibility index (Phi) is 6.37. The number of nitrogens with one attached hydrogen (secondary N) is 1. The van der Waals surface area contributed by atoms with Crippen LogP contribution in [0, 0.1) is 17.2 Å². The number of rotatable bonds is 6. The van der Waals surface area contributed by atoms with Crippen molar-refractivity contribution >= 4 is 40.8 Å². The maximum Gasteiger partial charge on any atom is 0.238 e. The monoisotopic (exact) mass is 585 g/mol. The molecule has 0 aliphatic carbocycles. The third-order valence-electron chi connectivity index (χ3n) is 8.70. The Hall–Kier alpha value is -5.19. The van der Waals surface area contributed by atoms with Crippen LogP contribution in [0.25, 0.3) is 6.08 Å². The Morgan fingerprint density at radius 3 is 2.47 bits per heavy atom. The Morgan fingerprint density at radius 1 is 0.930 bits per heavy atom. The second-order valence-electron chi connectivity index (χ2n) is 10.8. The van der Waals surface area contributed by atoms with E-state index in [1.54, 1.807) is 48.5 Å². The molecule has 0 radical (unpaired) electrons. The number of fused-ring (bicyclic) bond motifs is 6. The summed E-state index contributed by atoms with van der Waals surface area (Å²) in [6.45, 7) is -0.249. The van der Waals surface area contributed by atoms with Crippen molar-refractivity contribution in [3.05, 3.63) is 136 Å². The maximum absolute atomic E-state index is 14.8. The molecule has 43 heavy (non-hydrogen) atoms. The number of carbonyl (C=O) groups excluding carboxylic acids is 3. The van der Waals surface area contributed by atoms with Crippen LogP contribution in [0.15, 0.2) is 103 Å². The lowest BCUT2D eigenvalue weighted by Gasteiger charge is -2.38. The molecule has 3 aliphatic heterocycles. The van der Waals surface area contributed by atoms with Gasteiger partial charge in [0.05, 0.1) is 17.5 Å². The summed E-state index contributed by atoms with van der Waals surface area (Å²) in [7, 11) is 0. The van der Waals surface area contributed by atoms with E-state index in [9.17, 15) is 14.4 Å². The van der Waals surface area contributed by atoms with E-state index in [4.69, 9.17) is 21.6 Å². The number of amides is 1. The zero-order chi connectivity index (χ0) is 29.7. The second-order valence-corrected chi connectivity index (χ2v) is 11.2. The highest BCUT2D eigenvalue weighted by atomic mass is 35.5. The first-order valence-electron chi connectivity index (χ1n) is 13.8. The minimum atomic E-state index is -1.45. The summed E-state index contributed by atoms with van der Waals surface area (Å²) in [6.07, 6.45) is 3.73. The molecule has 0 aromatic heterocycles. The molecule has 1 fully saturated rings. The van der Waals surface area contributed by atoms with Crippen LogP contribution in [0.5, 0.6) is 5.75 Å². The van der Waals surface area contributed by atoms with Gasteiger partial charge in [-0.25, -0.2) is 0 Å². The van der Waals surface area contributed by atoms with Crippen molar-refractivity contribution in [2.24, 2.45) is 5.92 Å². The van der Waals surface area contributed by atoms with Crippen molar-refractivity contribution in [2.75, 3.05) is 11.9 Å². The number of nitrogens with zero attached hydrogens (tertiary/aromatic N) is 2. The number of halogens is 1. The summed E-state index contributed by atoms with van der Waals surface area (Å²) < 4.78 is 5.65. The van der Waals surface area contributed by atoms with Gasteiger partial charge in [0.1, 0.15) is 23.3 Å². The van der Waals surface area contributed by atoms with Gasteiger partial charge in [-0.3, -0.25) is 14.4 Å². The number of anilines is 1. The van der Waals surface area contributed by atoms with Crippen molar-refractivity contribution in [2.45, 2.75) is 17.5 Å². The van der Waals surface area contributed by atoms with Crippen LogP contribution >= 0.6 is 11.6 Å². The number of nitriles is 1. The highest BCUT2D eigenvalue weighted by Crippen LogP contribution is 2.62. The molecule has 0 unspecified atom stereocenters. The van der Waals surface area contributed by atoms with Crippen LogP contribution in [-0.2, 0) is 10.2 Å². The highest BCUT2D eigenvalue weighted by molar-refractivity contribution is 6.30. The van der Waals surface area contributed by atoms with Gasteiger partial charge >= 0.3 is 0 Å². The summed E-state index contributed by atoms with van der Waals surface area (Å²) in [6, 6.07) is 28.5. The maximum atomic E-state index is 14.8. The van der Waals surface area contributed by atoms with Gasteiger partial charge in [-0.1, -0.05) is 66.2 Å². The van der Waals surface area contributed by atoms with Crippen LogP contribution in [0.4, 0.5) is 5.69 Å². The highest BCUT2D eigenvalue weighted by Gasteiger charge is 2.70. The predicted molar refractivity (Wildman–Crippen MR) is 162 cm³/mol. The summed E-state index contributed by atoms with van der Waals surface area (Å²) in [5.41, 5.74) is 2.15. The fourth-order valence-electron chi connectivity index (χ4n) is 7.03. The van der Waals surface area contributed by atoms with Gasteiger partial charge in [0.25, 0.3) is 0 Å². The van der Waals surface area contributed by atoms with Crippen molar-refractivity contribution < 1.29 is 19.1 Å². The lowest BCUT2D eigenvalue weighted by Crippen LogP contribution is -2.49. The van der Waals surface area contributed by atoms with Crippen LogP contribution < -0.4 is 10.1 Å². The van der Waals surface area contributed by atoms with Gasteiger partial charge < -0.3 is 15.0 Å². The minimum Gasteiger partial charge on any atom is -0.478 e. The quantitative estimate of drug-likeness (QED) is 0.270. The van der Waals surface area contributed by atoms with E-state index < -0.39 is 23.4 Å². The van der Waals surface area contributed by atoms with E-state index in [0.29, 0.717) is 21.8 Å². The number of hydrogen-bond donors (Lipinski definition) is 1. The molecule has 0 bridgehead atoms. The zero-order valence-corrected chi connectivity index (χ0v) is 23.5. The molecule has 3 aliphatic rings. The molecule has 4 aromatic carbocycles. The Bertz CT molecular complexity index is 1880. The topological polar surface area (TPSA) is 99.5 Å². The molecule has 8 heteroatoms. The molecule has 1 saturated heterocycles. The second kappa shape index (κ2) is 10.3. The molecule has 210 valence electrons. The number of ether oxygens (including phenoxy) is 1. The molecule has 1 N–H and O–H groups in total. The molecule has 7 rings (SSSR count). The number of ketones is 2. The first-order chi connectivity index (χ1) is 21.0. The number of Topliss-reactive ketones (excluding diaryl/α,β-unsaturated/α-hetero) is 2. The zero-order valence-electron chi connectivity index (χ0n) is 22.7. The smallest absolute Gasteiger partial charge is 0.238 e. The van der Waals surface area contributed by atoms with E-state index in [2.05, 4.69) is 5.32 Å². The normalized spacial score (nSPS) is 22.7. The molecule has 7 nitrogen and oxygen atoms in total. The van der Waals surface area contributed by atoms with E-state index in [-0.39, 0.29) is 35.4 Å². The van der Waals surface area contributed by atoms with Crippen LogP contribution in [0.1, 0.15) is 43.4 Å². The van der Waals surface area contributed by atoms with E-state index in [1.807, 2.05) is 71.8 Å². The molecule has 0 saturated carbocycles. The standard InChI is InChI=1S/C35H24ClN3O4/c36-23-15-13-22(14-16-23)31(40)29-30(32(41)25-9-3-6-12-28(25)43-20-18-37)39-19-17-21-7-1-2-8-24(21)33(39)35(29)26-10-4-5-11-27(26)38-34(35)42/h1-17,19,29-30,33H,20H2,(H,38,42)/t29-,30+,33-,35+/m0/s1. The number of hydrogen-bond acceptors (Lipinski definition) is 6. The summed E-state index contributed by atoms with van der Waals surface area (Å²) in [5.74, 6) is -1.97. The lowest BCUT2D eigenvalue weighted by molar-refractivity contribution is -0.122. The predicted octanol–water partition coefficient (Wildman–Crippen LogP) is 6.22. The fraction of sp³-hybridized carbons (Fsp3) is 0.143. The first-order valence-corrected chi connectivity index (χ1v) is 14.2. The average Bonchev–Trinajstić information content (AvgIpc) is 3.52. The number of para-hydroxylation sites is 2. The van der Waals surface area contributed by atoms with Gasteiger partial charge in [-0.2, -0.15) is 5.26 Å². The molecular formula is C35H24ClN3O4. The van der Waals surface area contributed by atoms with Gasteiger partial charge in [0, 0.05) is 22.5 Å². The van der Waals surface area contributed by atoms with Gasteiger partial charge in [0.2, 0.25) is 5.91 Å². The van der Waals surface area contributed by atoms with Crippen molar-refractivity contribution in [3.63, 3.8) is 0 Å². The summed E-state index contributed by atoms with van der Waals surface area (Å²) in [4.78, 5) is 46.0. The van der Waals surface area contributed by atoms with Crippen LogP contribution in [-0.4, -0.2) is 35.0 Å². The van der Waals surface area contributed by atoms with Gasteiger partial charge in [-0.05, 0) is 65.2 Å². The first kappa shape index (κ1) is 26.7. The Morgan fingerprint density at radius 2 is 1.65 bits per heavy atom. The van der Waals surface area contributed by atoms with Crippen LogP contribution in [0.2, 0.25) is 5.02 Å². The van der Waals surface area contributed by atoms with Crippen LogP contribution in [0.3, 0.4) is 0 Å². The van der Waals surface area contributed by atoms with Crippen molar-refractivity contribution in [1.29, 1.82) is 5.26 Å². The lowest BCUT2D eigenvalue weighted by atomic mass is 9.62. The fourth-order valence-corrected chi connectivity index (χ4v) is 7.15. The SMILES string of the molecule is N#CCOc1ccccc1C(=O)[C@H]1[C@@H](C(=O)c2ccc(Cl)cc2)[C@@]2(C(=O)Nc3ccccc32)[C@@H]2c3ccccc3C=CN21. The molecular weight excluding hydrogens is 562 g/mol. The number of benzene rings is 4. The van der Waals surface area contributed by atoms with Crippen molar-refractivity contribution in [3.8, 4) is 11.8 Å². The van der Waals surface area contributed by atoms with E-state index in [1.165, 1.54) is 0 Å². The van der Waals surface area contributed by atoms with E-state index >= 15 is 0 Å². The summed E-state index contributed by atoms with van der Waals surface area (Å²) in [5, 5.41) is 12.7. The molecule has 4 aromatic rings. The minimum absolute atomic E-state index is 0.228. The Labute approximate surface area is 253 Å². The largest absolute Gasteiger partial charge is 0.478 e. The molecule has 1 spiro atoms. The van der Waals surface area contributed by atoms with E-state index in [0.717, 1.165) is 11.1 Å². The number of carbonyl (C=O) groups is 3. The van der Waals surface area contributed by atoms with Crippen molar-refractivity contribution in [1.82, 2.24) is 4.90 Å². The third-order valence-corrected chi connectivity index (χ3v) is 8.95. The third kappa shape index (κ3) is 3.91. The Balaban J connectivity index is 1.52. The van der Waals surface area contributed by atoms with Gasteiger partial charge in [0.15, 0.2) is 18.2 Å². The summed E-state index contributed by atoms with van der Waals surface area (Å²) >= 11 is 6.18. The average molecular weight is 586 g/mol. The molecule has 4 atom stereocenters. The molecule has 3 heterocycles. The molecule has 1 amide bonds. The van der Waals surface area contributed by atoms with Gasteiger partial charge in [-0.15, -0.1) is 0 Å².